The normalized spacial score (nSPS) is 15.5. The number of rotatable bonds is 4. The van der Waals surface area contributed by atoms with Gasteiger partial charge in [0.05, 0.1) is 5.56 Å². The zero-order chi connectivity index (χ0) is 16.9. The molecule has 0 spiro atoms. The summed E-state index contributed by atoms with van der Waals surface area (Å²) in [6, 6.07) is 12.2. The molecule has 0 saturated carbocycles. The van der Waals surface area contributed by atoms with Crippen LogP contribution in [0, 0.1) is 12.8 Å². The first-order chi connectivity index (χ1) is 11.6. The van der Waals surface area contributed by atoms with Crippen LogP contribution < -0.4 is 0 Å². The summed E-state index contributed by atoms with van der Waals surface area (Å²) in [5.41, 5.74) is 3.34. The molecule has 3 nitrogen and oxygen atoms in total. The van der Waals surface area contributed by atoms with Crippen LogP contribution in [0.15, 0.2) is 42.6 Å². The lowest BCUT2D eigenvalue weighted by Gasteiger charge is -2.32. The van der Waals surface area contributed by atoms with Crippen molar-refractivity contribution in [3.05, 3.63) is 64.4 Å². The average molecular weight is 343 g/mol. The van der Waals surface area contributed by atoms with Crippen molar-refractivity contribution in [1.29, 1.82) is 0 Å². The third-order valence-electron chi connectivity index (χ3n) is 4.84. The van der Waals surface area contributed by atoms with E-state index in [9.17, 15) is 4.79 Å². The maximum absolute atomic E-state index is 12.5. The summed E-state index contributed by atoms with van der Waals surface area (Å²) in [5.74, 6) is 0.773. The molecule has 0 unspecified atom stereocenters. The van der Waals surface area contributed by atoms with E-state index < -0.39 is 0 Å². The fourth-order valence-electron chi connectivity index (χ4n) is 3.24. The molecule has 1 fully saturated rings. The Morgan fingerprint density at radius 2 is 1.88 bits per heavy atom. The minimum absolute atomic E-state index is 0.0659. The van der Waals surface area contributed by atoms with Crippen LogP contribution in [-0.4, -0.2) is 28.9 Å². The number of hydrogen-bond donors (Lipinski definition) is 0. The molecular weight excluding hydrogens is 320 g/mol. The number of amides is 1. The van der Waals surface area contributed by atoms with E-state index in [-0.39, 0.29) is 5.91 Å². The fraction of sp³-hybridized carbons (Fsp3) is 0.400. The first-order valence-electron chi connectivity index (χ1n) is 8.58. The Balaban J connectivity index is 1.47. The van der Waals surface area contributed by atoms with Gasteiger partial charge in [-0.2, -0.15) is 0 Å². The summed E-state index contributed by atoms with van der Waals surface area (Å²) in [7, 11) is 0. The molecule has 1 amide bonds. The van der Waals surface area contributed by atoms with Gasteiger partial charge in [-0.25, -0.2) is 4.98 Å². The summed E-state index contributed by atoms with van der Waals surface area (Å²) < 4.78 is 0. The van der Waals surface area contributed by atoms with Crippen LogP contribution >= 0.6 is 11.6 Å². The second kappa shape index (κ2) is 7.80. The molecule has 1 saturated heterocycles. The lowest BCUT2D eigenvalue weighted by Crippen LogP contribution is -2.38. The van der Waals surface area contributed by atoms with Crippen LogP contribution in [-0.2, 0) is 6.42 Å². The minimum Gasteiger partial charge on any atom is -0.339 e. The minimum atomic E-state index is 0.0659. The van der Waals surface area contributed by atoms with Gasteiger partial charge in [0.15, 0.2) is 0 Å². The van der Waals surface area contributed by atoms with Gasteiger partial charge in [-0.1, -0.05) is 41.4 Å². The first kappa shape index (κ1) is 17.0. The van der Waals surface area contributed by atoms with Crippen LogP contribution in [0.5, 0.6) is 0 Å². The molecule has 0 aliphatic carbocycles. The second-order valence-electron chi connectivity index (χ2n) is 6.63. The van der Waals surface area contributed by atoms with Crippen LogP contribution in [0.2, 0.25) is 5.15 Å². The lowest BCUT2D eigenvalue weighted by molar-refractivity contribution is 0.0686. The number of piperidine rings is 1. The van der Waals surface area contributed by atoms with Gasteiger partial charge in [0.2, 0.25) is 0 Å². The number of aryl methyl sites for hydroxylation is 2. The third-order valence-corrected chi connectivity index (χ3v) is 5.06. The highest BCUT2D eigenvalue weighted by atomic mass is 35.5. The Labute approximate surface area is 148 Å². The molecule has 4 heteroatoms. The van der Waals surface area contributed by atoms with E-state index in [0.29, 0.717) is 16.6 Å². The third kappa shape index (κ3) is 4.35. The Hall–Kier alpha value is -1.87. The molecule has 2 heterocycles. The first-order valence-corrected chi connectivity index (χ1v) is 8.96. The van der Waals surface area contributed by atoms with E-state index in [2.05, 4.69) is 36.2 Å². The zero-order valence-corrected chi connectivity index (χ0v) is 14.8. The monoisotopic (exact) mass is 342 g/mol. The lowest BCUT2D eigenvalue weighted by atomic mass is 9.90. The van der Waals surface area contributed by atoms with Gasteiger partial charge in [-0.15, -0.1) is 0 Å². The number of nitrogens with zero attached hydrogens (tertiary/aromatic N) is 2. The van der Waals surface area contributed by atoms with Crippen molar-refractivity contribution in [1.82, 2.24) is 9.88 Å². The molecule has 3 rings (SSSR count). The summed E-state index contributed by atoms with van der Waals surface area (Å²) >= 11 is 5.78. The maximum Gasteiger partial charge on any atom is 0.255 e. The highest BCUT2D eigenvalue weighted by Crippen LogP contribution is 2.23. The van der Waals surface area contributed by atoms with Crippen molar-refractivity contribution in [2.24, 2.45) is 5.92 Å². The molecule has 1 aromatic carbocycles. The number of carbonyl (C=O) groups excluding carboxylic acids is 1. The van der Waals surface area contributed by atoms with Crippen LogP contribution in [0.3, 0.4) is 0 Å². The molecule has 1 aliphatic rings. The number of halogens is 1. The number of likely N-dealkylation sites (tertiary alicyclic amines) is 1. The number of hydrogen-bond acceptors (Lipinski definition) is 2. The molecule has 24 heavy (non-hydrogen) atoms. The van der Waals surface area contributed by atoms with Gasteiger partial charge in [-0.3, -0.25) is 4.79 Å². The Morgan fingerprint density at radius 3 is 2.50 bits per heavy atom. The molecule has 2 aromatic rings. The summed E-state index contributed by atoms with van der Waals surface area (Å²) in [6.07, 6.45) is 6.05. The molecule has 0 atom stereocenters. The standard InChI is InChI=1S/C20H23ClN2O/c1-15-2-4-16(5-3-15)6-7-17-10-12-23(13-11-17)20(24)18-8-9-19(21)22-14-18/h2-5,8-9,14,17H,6-7,10-13H2,1H3. The molecule has 0 N–H and O–H groups in total. The van der Waals surface area contributed by atoms with Gasteiger partial charge >= 0.3 is 0 Å². The summed E-state index contributed by atoms with van der Waals surface area (Å²) in [5, 5.41) is 0.418. The van der Waals surface area contributed by atoms with Crippen molar-refractivity contribution in [3.63, 3.8) is 0 Å². The number of carbonyl (C=O) groups is 1. The van der Waals surface area contributed by atoms with Crippen molar-refractivity contribution in [2.45, 2.75) is 32.6 Å². The van der Waals surface area contributed by atoms with E-state index >= 15 is 0 Å². The van der Waals surface area contributed by atoms with E-state index in [1.807, 2.05) is 4.90 Å². The quantitative estimate of drug-likeness (QED) is 0.765. The second-order valence-corrected chi connectivity index (χ2v) is 7.02. The average Bonchev–Trinajstić information content (AvgIpc) is 2.62. The fourth-order valence-corrected chi connectivity index (χ4v) is 3.35. The Morgan fingerprint density at radius 1 is 1.17 bits per heavy atom. The van der Waals surface area contributed by atoms with Crippen molar-refractivity contribution >= 4 is 17.5 Å². The van der Waals surface area contributed by atoms with E-state index in [1.54, 1.807) is 18.3 Å². The molecule has 0 bridgehead atoms. The van der Waals surface area contributed by atoms with Gasteiger partial charge in [-0.05, 0) is 56.2 Å². The molecule has 0 radical (unpaired) electrons. The number of aromatic nitrogens is 1. The molecule has 126 valence electrons. The number of benzene rings is 1. The number of pyridine rings is 1. The molecular formula is C20H23ClN2O. The van der Waals surface area contributed by atoms with Gasteiger partial charge in [0.25, 0.3) is 5.91 Å². The molecule has 1 aromatic heterocycles. The van der Waals surface area contributed by atoms with Crippen molar-refractivity contribution in [2.75, 3.05) is 13.1 Å². The van der Waals surface area contributed by atoms with E-state index in [4.69, 9.17) is 11.6 Å². The highest BCUT2D eigenvalue weighted by Gasteiger charge is 2.23. The topological polar surface area (TPSA) is 33.2 Å². The maximum atomic E-state index is 12.5. The van der Waals surface area contributed by atoms with Crippen LogP contribution in [0.25, 0.3) is 0 Å². The van der Waals surface area contributed by atoms with Gasteiger partial charge in [0.1, 0.15) is 5.15 Å². The highest BCUT2D eigenvalue weighted by molar-refractivity contribution is 6.29. The Bertz CT molecular complexity index is 674. The summed E-state index contributed by atoms with van der Waals surface area (Å²) in [4.78, 5) is 18.4. The SMILES string of the molecule is Cc1ccc(CCC2CCN(C(=O)c3ccc(Cl)nc3)CC2)cc1. The zero-order valence-electron chi connectivity index (χ0n) is 14.0. The van der Waals surface area contributed by atoms with Gasteiger partial charge in [0, 0.05) is 19.3 Å². The Kier molecular flexibility index (Phi) is 5.52. The van der Waals surface area contributed by atoms with Crippen molar-refractivity contribution in [3.8, 4) is 0 Å². The van der Waals surface area contributed by atoms with E-state index in [0.717, 1.165) is 32.4 Å². The van der Waals surface area contributed by atoms with E-state index in [1.165, 1.54) is 17.5 Å². The smallest absolute Gasteiger partial charge is 0.255 e. The predicted octanol–water partition coefficient (Wildman–Crippen LogP) is 4.53. The molecule has 1 aliphatic heterocycles. The van der Waals surface area contributed by atoms with Crippen LogP contribution in [0.4, 0.5) is 0 Å². The van der Waals surface area contributed by atoms with Gasteiger partial charge < -0.3 is 4.90 Å². The van der Waals surface area contributed by atoms with Crippen LogP contribution in [0.1, 0.15) is 40.7 Å². The largest absolute Gasteiger partial charge is 0.339 e. The predicted molar refractivity (Wildman–Crippen MR) is 97.4 cm³/mol. The summed E-state index contributed by atoms with van der Waals surface area (Å²) in [6.45, 7) is 3.78. The van der Waals surface area contributed by atoms with Crippen molar-refractivity contribution < 1.29 is 4.79 Å².